The van der Waals surface area contributed by atoms with Crippen LogP contribution in [0.2, 0.25) is 0 Å². The molecule has 308 valence electrons. The van der Waals surface area contributed by atoms with Crippen LogP contribution in [0.15, 0.2) is 186 Å². The predicted octanol–water partition coefficient (Wildman–Crippen LogP) is 14.3. The van der Waals surface area contributed by atoms with Gasteiger partial charge in [-0.15, -0.1) is 22.7 Å². The highest BCUT2D eigenvalue weighted by atomic mass is 79.9. The molecule has 2 N–H and O–H groups in total. The van der Waals surface area contributed by atoms with Gasteiger partial charge in [0.15, 0.2) is 0 Å². The zero-order valence-corrected chi connectivity index (χ0v) is 36.7. The van der Waals surface area contributed by atoms with Gasteiger partial charge in [0.1, 0.15) is 4.47 Å². The zero-order chi connectivity index (χ0) is 44.1. The molecule has 0 fully saturated rings. The fraction of sp³-hybridized carbons (Fsp3) is 0. The van der Waals surface area contributed by atoms with Crippen LogP contribution in [0.4, 0.5) is 11.4 Å². The maximum Gasteiger partial charge on any atom is 0.488 e. The van der Waals surface area contributed by atoms with Crippen LogP contribution in [0.3, 0.4) is 0 Å². The van der Waals surface area contributed by atoms with Crippen molar-refractivity contribution in [3.63, 3.8) is 0 Å². The summed E-state index contributed by atoms with van der Waals surface area (Å²) in [6.07, 6.45) is 0. The van der Waals surface area contributed by atoms with E-state index in [9.17, 15) is 30.3 Å². The third kappa shape index (κ3) is 7.40. The Morgan fingerprint density at radius 1 is 0.438 bits per heavy atom. The third-order valence-corrected chi connectivity index (χ3v) is 14.5. The van der Waals surface area contributed by atoms with Gasteiger partial charge in [-0.05, 0) is 101 Å². The lowest BCUT2D eigenvalue weighted by Crippen LogP contribution is -2.29. The van der Waals surface area contributed by atoms with Gasteiger partial charge in [-0.25, -0.2) is 0 Å². The highest BCUT2D eigenvalue weighted by Crippen LogP contribution is 2.43. The maximum atomic E-state index is 11.8. The van der Waals surface area contributed by atoms with Gasteiger partial charge in [-0.2, -0.15) is 0 Å². The first-order chi connectivity index (χ1) is 31.1. The number of halogens is 1. The van der Waals surface area contributed by atoms with E-state index in [-0.39, 0.29) is 16.3 Å². The van der Waals surface area contributed by atoms with Crippen molar-refractivity contribution in [2.45, 2.75) is 0 Å². The summed E-state index contributed by atoms with van der Waals surface area (Å²) in [6.45, 7) is 0. The summed E-state index contributed by atoms with van der Waals surface area (Å²) in [5, 5.41) is 54.6. The molecule has 0 bridgehead atoms. The summed E-state index contributed by atoms with van der Waals surface area (Å²) in [5.74, 6) is 0. The van der Waals surface area contributed by atoms with Crippen LogP contribution >= 0.6 is 38.6 Å². The van der Waals surface area contributed by atoms with Crippen LogP contribution in [0.1, 0.15) is 0 Å². The van der Waals surface area contributed by atoms with Gasteiger partial charge in [-0.3, -0.25) is 20.2 Å². The number of nitro benzene ring substituents is 2. The Labute approximate surface area is 381 Å². The van der Waals surface area contributed by atoms with E-state index in [1.807, 2.05) is 78.9 Å². The molecule has 64 heavy (non-hydrogen) atoms. The Bertz CT molecular complexity index is 3830. The van der Waals surface area contributed by atoms with Crippen LogP contribution in [0.5, 0.6) is 0 Å². The zero-order valence-electron chi connectivity index (χ0n) is 33.5. The number of fused-ring (bicyclic) bond motifs is 12. The summed E-state index contributed by atoms with van der Waals surface area (Å²) >= 11 is 6.66. The van der Waals surface area contributed by atoms with Crippen molar-refractivity contribution in [3.8, 4) is 11.1 Å². The first-order valence-electron chi connectivity index (χ1n) is 20.2. The fourth-order valence-corrected chi connectivity index (χ4v) is 11.5. The Kier molecular flexibility index (Phi) is 10.8. The molecule has 0 atom stereocenters. The largest absolute Gasteiger partial charge is 0.488 e. The molecule has 0 aliphatic heterocycles. The molecule has 12 heteroatoms. The van der Waals surface area contributed by atoms with Crippen LogP contribution < -0.4 is 5.46 Å². The lowest BCUT2D eigenvalue weighted by atomic mass is 9.80. The fourth-order valence-electron chi connectivity index (χ4n) is 8.50. The van der Waals surface area contributed by atoms with E-state index < -0.39 is 12.0 Å². The van der Waals surface area contributed by atoms with Crippen molar-refractivity contribution in [2.75, 3.05) is 0 Å². The molecule has 0 aliphatic carbocycles. The lowest BCUT2D eigenvalue weighted by Gasteiger charge is -2.08. The number of thiophene rings is 2. The molecule has 0 amide bonds. The number of hydrogen-bond acceptors (Lipinski definition) is 8. The summed E-state index contributed by atoms with van der Waals surface area (Å²) in [5.41, 5.74) is 2.33. The van der Waals surface area contributed by atoms with E-state index in [1.165, 1.54) is 58.6 Å². The minimum Gasteiger partial charge on any atom is -0.423 e. The maximum absolute atomic E-state index is 11.8. The van der Waals surface area contributed by atoms with Gasteiger partial charge < -0.3 is 10.0 Å². The molecule has 10 aromatic carbocycles. The first kappa shape index (κ1) is 41.0. The molecule has 0 unspecified atom stereocenters. The second-order valence-corrected chi connectivity index (χ2v) is 18.1. The molecular weight excluding hydrogens is 903 g/mol. The van der Waals surface area contributed by atoms with Crippen LogP contribution in [0.25, 0.3) is 94.6 Å². The van der Waals surface area contributed by atoms with Gasteiger partial charge in [0.2, 0.25) is 0 Å². The van der Waals surface area contributed by atoms with E-state index in [0.29, 0.717) is 15.5 Å². The molecule has 8 nitrogen and oxygen atoms in total. The smallest absolute Gasteiger partial charge is 0.423 e. The highest BCUT2D eigenvalue weighted by molar-refractivity contribution is 9.10. The predicted molar refractivity (Wildman–Crippen MR) is 271 cm³/mol. The number of benzene rings is 10. The van der Waals surface area contributed by atoms with Gasteiger partial charge in [0.05, 0.1) is 15.4 Å². The SMILES string of the molecule is O=[N+]([O-])c1ccc2ccccc2c1-c1ccc2c(c1)sc1ccc3ccccc3c12.O=[N+]([O-])c1ccc2ccccc2c1Br.OB(O)c1ccc2c(c1)sc1ccc3ccccc3c12. The number of nitro groups is 2. The normalized spacial score (nSPS) is 11.3. The summed E-state index contributed by atoms with van der Waals surface area (Å²) < 4.78 is 5.22. The van der Waals surface area contributed by atoms with E-state index in [0.717, 1.165) is 36.5 Å². The molecule has 0 aliphatic rings. The standard InChI is InChI=1S/C26H15NO2S.C16H11BO2S.C10H6BrNO2/c28-27(29)22-13-10-16-5-1-3-7-19(16)25(22)18-9-12-21-24(15-18)30-23-14-11-17-6-2-4-8-20(17)26(21)23;18-17(19)11-6-7-13-15(9-11)20-14-8-5-10-3-1-2-4-12(10)16(13)14;11-10-8-4-2-1-3-7(8)5-6-9(10)12(13)14/h1-15H;1-9,18-19H;1-6H. The van der Waals surface area contributed by atoms with Crippen molar-refractivity contribution >= 4 is 146 Å². The Balaban J connectivity index is 0.000000123. The molecule has 12 aromatic rings. The number of rotatable bonds is 4. The number of nitrogens with zero attached hydrogens (tertiary/aromatic N) is 2. The van der Waals surface area contributed by atoms with E-state index in [4.69, 9.17) is 0 Å². The summed E-state index contributed by atoms with van der Waals surface area (Å²) in [7, 11) is -1.42. The minimum atomic E-state index is -1.42. The van der Waals surface area contributed by atoms with Crippen molar-refractivity contribution in [1.29, 1.82) is 0 Å². The molecular formula is C52H32BBrN2O6S2. The van der Waals surface area contributed by atoms with Gasteiger partial charge >= 0.3 is 7.12 Å². The highest BCUT2D eigenvalue weighted by Gasteiger charge is 2.20. The quantitative estimate of drug-likeness (QED) is 0.103. The van der Waals surface area contributed by atoms with Crippen molar-refractivity contribution in [1.82, 2.24) is 0 Å². The monoisotopic (exact) mass is 934 g/mol. The van der Waals surface area contributed by atoms with Gasteiger partial charge in [0, 0.05) is 57.9 Å². The van der Waals surface area contributed by atoms with E-state index in [1.54, 1.807) is 40.9 Å². The molecule has 0 saturated heterocycles. The van der Waals surface area contributed by atoms with Crippen molar-refractivity contribution in [2.24, 2.45) is 0 Å². The second kappa shape index (κ2) is 16.9. The van der Waals surface area contributed by atoms with Crippen LogP contribution in [-0.2, 0) is 0 Å². The minimum absolute atomic E-state index is 0.101. The van der Waals surface area contributed by atoms with Gasteiger partial charge in [0.25, 0.3) is 11.4 Å². The second-order valence-electron chi connectivity index (χ2n) is 15.2. The summed E-state index contributed by atoms with van der Waals surface area (Å²) in [6, 6.07) is 59.3. The Hall–Kier alpha value is -7.06. The molecule has 0 radical (unpaired) electrons. The Morgan fingerprint density at radius 2 is 0.875 bits per heavy atom. The average molecular weight is 936 g/mol. The average Bonchev–Trinajstić information content (AvgIpc) is 3.90. The van der Waals surface area contributed by atoms with Gasteiger partial charge in [-0.1, -0.05) is 133 Å². The molecule has 12 rings (SSSR count). The van der Waals surface area contributed by atoms with Crippen molar-refractivity contribution in [3.05, 3.63) is 207 Å². The van der Waals surface area contributed by atoms with E-state index >= 15 is 0 Å². The first-order valence-corrected chi connectivity index (χ1v) is 22.6. The third-order valence-electron chi connectivity index (χ3n) is 11.5. The molecule has 0 spiro atoms. The van der Waals surface area contributed by atoms with E-state index in [2.05, 4.69) is 94.8 Å². The summed E-state index contributed by atoms with van der Waals surface area (Å²) in [4.78, 5) is 21.8. The molecule has 2 aromatic heterocycles. The van der Waals surface area contributed by atoms with Crippen LogP contribution in [-0.4, -0.2) is 27.0 Å². The lowest BCUT2D eigenvalue weighted by molar-refractivity contribution is -0.385. The Morgan fingerprint density at radius 3 is 1.42 bits per heavy atom. The molecule has 0 saturated carbocycles. The van der Waals surface area contributed by atoms with Crippen molar-refractivity contribution < 1.29 is 19.9 Å². The number of hydrogen-bond donors (Lipinski definition) is 2. The molecule has 2 heterocycles. The topological polar surface area (TPSA) is 127 Å². The van der Waals surface area contributed by atoms with Crippen LogP contribution in [0, 0.1) is 20.2 Å².